The van der Waals surface area contributed by atoms with Crippen LogP contribution in [0.3, 0.4) is 0 Å². The van der Waals surface area contributed by atoms with Crippen LogP contribution in [0.4, 0.5) is 0 Å². The number of carbonyl (C=O) groups is 4. The Hall–Kier alpha value is -1.46. The normalized spacial score (nSPS) is 23.2. The Morgan fingerprint density at radius 3 is 2.48 bits per heavy atom. The van der Waals surface area contributed by atoms with Gasteiger partial charge in [-0.1, -0.05) is 25.6 Å². The van der Waals surface area contributed by atoms with Crippen molar-refractivity contribution < 1.29 is 42.4 Å². The van der Waals surface area contributed by atoms with Crippen LogP contribution in [-0.2, 0) is 37.3 Å². The summed E-state index contributed by atoms with van der Waals surface area (Å²) in [4.78, 5) is 45.9. The van der Waals surface area contributed by atoms with Gasteiger partial charge in [-0.25, -0.2) is 4.57 Å². The van der Waals surface area contributed by atoms with E-state index in [9.17, 15) is 23.7 Å². The first-order valence-corrected chi connectivity index (χ1v) is 11.3. The minimum Gasteiger partial charge on any atom is -0.481 e. The van der Waals surface area contributed by atoms with Gasteiger partial charge in [-0.05, 0) is 0 Å². The third kappa shape index (κ3) is 9.26. The van der Waals surface area contributed by atoms with Gasteiger partial charge >= 0.3 is 13.8 Å². The van der Waals surface area contributed by atoms with Gasteiger partial charge < -0.3 is 15.7 Å². The highest BCUT2D eigenvalue weighted by Crippen LogP contribution is 2.56. The lowest BCUT2D eigenvalue weighted by Gasteiger charge is -2.39. The van der Waals surface area contributed by atoms with Crippen LogP contribution in [-0.4, -0.2) is 66.7 Å². The molecule has 1 rings (SSSR count). The zero-order valence-electron chi connectivity index (χ0n) is 16.6. The molecular weight excluding hydrogens is 427 g/mol. The maximum atomic E-state index is 12.4. The summed E-state index contributed by atoms with van der Waals surface area (Å²) in [6.07, 6.45) is -1.32. The minimum absolute atomic E-state index is 0.00888. The average molecular weight is 454 g/mol. The Balaban J connectivity index is 2.27. The van der Waals surface area contributed by atoms with Gasteiger partial charge in [-0.15, -0.1) is 0 Å². The molecule has 11 nitrogen and oxygen atoms in total. The highest BCUT2D eigenvalue weighted by molar-refractivity contribution is 8.13. The van der Waals surface area contributed by atoms with Crippen LogP contribution in [0.2, 0.25) is 0 Å². The number of aliphatic carboxylic acids is 1. The van der Waals surface area contributed by atoms with Gasteiger partial charge in [-0.3, -0.25) is 32.7 Å². The molecule has 0 saturated carbocycles. The van der Waals surface area contributed by atoms with E-state index in [-0.39, 0.29) is 50.0 Å². The molecule has 0 bridgehead atoms. The second-order valence-corrected chi connectivity index (χ2v) is 9.76. The Morgan fingerprint density at radius 1 is 1.17 bits per heavy atom. The van der Waals surface area contributed by atoms with Crippen molar-refractivity contribution in [2.75, 3.05) is 32.6 Å². The van der Waals surface area contributed by atoms with Crippen molar-refractivity contribution in [1.82, 2.24) is 10.6 Å². The SMILES string of the molecule is COP1(=O)OCC(C)(C)[C@H](C(=O)NCCC(=O)NCCSC(=O)CCC(=O)O)O1. The fourth-order valence-corrected chi connectivity index (χ4v) is 4.30. The number of carboxylic acids is 1. The smallest absolute Gasteiger partial charge is 0.475 e. The van der Waals surface area contributed by atoms with Gasteiger partial charge in [0.25, 0.3) is 0 Å². The van der Waals surface area contributed by atoms with Crippen molar-refractivity contribution in [3.63, 3.8) is 0 Å². The van der Waals surface area contributed by atoms with Crippen molar-refractivity contribution in [3.05, 3.63) is 0 Å². The molecule has 0 radical (unpaired) electrons. The summed E-state index contributed by atoms with van der Waals surface area (Å²) < 4.78 is 27.1. The first-order valence-electron chi connectivity index (χ1n) is 8.89. The highest BCUT2D eigenvalue weighted by Gasteiger charge is 2.48. The van der Waals surface area contributed by atoms with Gasteiger partial charge in [0.1, 0.15) is 0 Å². The van der Waals surface area contributed by atoms with E-state index < -0.39 is 31.2 Å². The maximum absolute atomic E-state index is 12.4. The summed E-state index contributed by atoms with van der Waals surface area (Å²) >= 11 is 0.956. The molecule has 3 N–H and O–H groups in total. The molecule has 1 heterocycles. The predicted octanol–water partition coefficient (Wildman–Crippen LogP) is 0.930. The first-order chi connectivity index (χ1) is 13.5. The molecule has 2 amide bonds. The number of thioether (sulfide) groups is 1. The standard InChI is InChI=1S/C16H27N2O9PS/c1-16(2)10-26-28(24,25-3)27-14(16)15(23)18-7-6-11(19)17-8-9-29-13(22)5-4-12(20)21/h14H,4-10H2,1-3H3,(H,17,19)(H,18,23)(H,20,21)/t14-,28?/m0/s1. The van der Waals surface area contributed by atoms with Gasteiger partial charge in [0.15, 0.2) is 11.2 Å². The molecule has 0 aromatic rings. The lowest BCUT2D eigenvalue weighted by molar-refractivity contribution is -0.141. The fourth-order valence-electron chi connectivity index (χ4n) is 2.24. The predicted molar refractivity (Wildman–Crippen MR) is 104 cm³/mol. The Bertz CT molecular complexity index is 671. The maximum Gasteiger partial charge on any atom is 0.475 e. The van der Waals surface area contributed by atoms with Crippen LogP contribution in [0.1, 0.15) is 33.1 Å². The number of carbonyl (C=O) groups excluding carboxylic acids is 3. The van der Waals surface area contributed by atoms with E-state index in [4.69, 9.17) is 18.7 Å². The summed E-state index contributed by atoms with van der Waals surface area (Å²) in [6.45, 7) is 3.74. The molecule has 0 aromatic carbocycles. The molecule has 166 valence electrons. The van der Waals surface area contributed by atoms with Gasteiger partial charge in [0.2, 0.25) is 11.8 Å². The number of amides is 2. The fraction of sp³-hybridized carbons (Fsp3) is 0.750. The first kappa shape index (κ1) is 25.6. The molecular formula is C16H27N2O9PS. The highest BCUT2D eigenvalue weighted by atomic mass is 32.2. The van der Waals surface area contributed by atoms with E-state index in [2.05, 4.69) is 10.6 Å². The number of rotatable bonds is 11. The third-order valence-corrected chi connectivity index (χ3v) is 6.18. The molecule has 1 fully saturated rings. The van der Waals surface area contributed by atoms with Crippen LogP contribution in [0.25, 0.3) is 0 Å². The lowest BCUT2D eigenvalue weighted by atomic mass is 9.87. The van der Waals surface area contributed by atoms with E-state index >= 15 is 0 Å². The van der Waals surface area contributed by atoms with E-state index in [1.54, 1.807) is 13.8 Å². The molecule has 0 spiro atoms. The summed E-state index contributed by atoms with van der Waals surface area (Å²) in [5.74, 6) is -1.55. The Morgan fingerprint density at radius 2 is 1.86 bits per heavy atom. The van der Waals surface area contributed by atoms with Crippen molar-refractivity contribution in [1.29, 1.82) is 0 Å². The minimum atomic E-state index is -3.78. The number of nitrogens with one attached hydrogen (secondary N) is 2. The van der Waals surface area contributed by atoms with Crippen molar-refractivity contribution in [2.24, 2.45) is 5.41 Å². The molecule has 1 aliphatic heterocycles. The summed E-state index contributed by atoms with van der Waals surface area (Å²) in [5.41, 5.74) is -0.733. The van der Waals surface area contributed by atoms with Crippen LogP contribution in [0.5, 0.6) is 0 Å². The third-order valence-electron chi connectivity index (χ3n) is 3.88. The second kappa shape index (κ2) is 11.7. The topological polar surface area (TPSA) is 157 Å². The molecule has 2 atom stereocenters. The van der Waals surface area contributed by atoms with Crippen LogP contribution < -0.4 is 10.6 Å². The van der Waals surface area contributed by atoms with E-state index in [0.717, 1.165) is 18.9 Å². The van der Waals surface area contributed by atoms with Gasteiger partial charge in [0.05, 0.1) is 13.0 Å². The lowest BCUT2D eigenvalue weighted by Crippen LogP contribution is -2.50. The number of hydrogen-bond donors (Lipinski definition) is 3. The average Bonchev–Trinajstić information content (AvgIpc) is 2.65. The van der Waals surface area contributed by atoms with Gasteiger partial charge in [0, 0.05) is 44.2 Å². The summed E-state index contributed by atoms with van der Waals surface area (Å²) in [7, 11) is -2.61. The van der Waals surface area contributed by atoms with Crippen molar-refractivity contribution in [2.45, 2.75) is 39.2 Å². The van der Waals surface area contributed by atoms with Crippen LogP contribution in [0, 0.1) is 5.41 Å². The molecule has 1 saturated heterocycles. The second-order valence-electron chi connectivity index (χ2n) is 6.88. The Labute approximate surface area is 173 Å². The van der Waals surface area contributed by atoms with Gasteiger partial charge in [-0.2, -0.15) is 0 Å². The zero-order chi connectivity index (χ0) is 22.1. The van der Waals surface area contributed by atoms with E-state index in [1.807, 2.05) is 0 Å². The molecule has 13 heteroatoms. The number of carboxylic acid groups (broad SMARTS) is 1. The molecule has 1 aliphatic rings. The summed E-state index contributed by atoms with van der Waals surface area (Å²) in [6, 6.07) is 0. The Kier molecular flexibility index (Phi) is 10.3. The zero-order valence-corrected chi connectivity index (χ0v) is 18.3. The van der Waals surface area contributed by atoms with Crippen molar-refractivity contribution >= 4 is 42.5 Å². The molecule has 29 heavy (non-hydrogen) atoms. The number of phosphoric ester groups is 1. The van der Waals surface area contributed by atoms with Crippen LogP contribution >= 0.6 is 19.6 Å². The quantitative estimate of drug-likeness (QED) is 0.303. The molecule has 0 aliphatic carbocycles. The van der Waals surface area contributed by atoms with Crippen molar-refractivity contribution in [3.8, 4) is 0 Å². The van der Waals surface area contributed by atoms with Crippen LogP contribution in [0.15, 0.2) is 0 Å². The largest absolute Gasteiger partial charge is 0.481 e. The van der Waals surface area contributed by atoms with E-state index in [1.165, 1.54) is 0 Å². The number of hydrogen-bond acceptors (Lipinski definition) is 9. The monoisotopic (exact) mass is 454 g/mol. The molecule has 0 aromatic heterocycles. The summed E-state index contributed by atoms with van der Waals surface area (Å²) in [5, 5.41) is 13.4. The van der Waals surface area contributed by atoms with E-state index in [0.29, 0.717) is 5.75 Å². The number of phosphoric acid groups is 1. The molecule has 1 unspecified atom stereocenters.